The largest absolute Gasteiger partial charge is 0.350 e. The van der Waals surface area contributed by atoms with Crippen molar-refractivity contribution in [3.63, 3.8) is 0 Å². The summed E-state index contributed by atoms with van der Waals surface area (Å²) in [7, 11) is 0. The van der Waals surface area contributed by atoms with Crippen molar-refractivity contribution in [3.8, 4) is 0 Å². The molecule has 1 aromatic heterocycles. The molecule has 1 aliphatic carbocycles. The predicted molar refractivity (Wildman–Crippen MR) is 131 cm³/mol. The molecule has 3 aromatic rings. The number of amides is 2. The van der Waals surface area contributed by atoms with Crippen LogP contribution in [0.5, 0.6) is 0 Å². The molecule has 0 unspecified atom stereocenters. The van der Waals surface area contributed by atoms with Gasteiger partial charge in [-0.2, -0.15) is 0 Å². The molecule has 3 atom stereocenters. The molecule has 0 spiro atoms. The Hall–Kier alpha value is -3.12. The standard InChI is InChI=1S/C27H29ClN4O2/c28-23-9-4-8-22(14-23)27(34)32-24-10-2-1-7-21(24)15-25(32)26(33)30-16-19-5-3-6-20(13-19)17-31-12-11-29-18-31/h3-6,8-9,11-14,18,21,24-25H,1-2,7,10,15-17H2,(H,30,33)/t21-,24+,25-/m0/s1. The smallest absolute Gasteiger partial charge is 0.254 e. The molecule has 1 saturated carbocycles. The van der Waals surface area contributed by atoms with Crippen molar-refractivity contribution in [1.29, 1.82) is 0 Å². The number of nitrogens with one attached hydrogen (secondary N) is 1. The van der Waals surface area contributed by atoms with Gasteiger partial charge in [-0.15, -0.1) is 0 Å². The first-order chi connectivity index (χ1) is 16.6. The summed E-state index contributed by atoms with van der Waals surface area (Å²) in [5, 5.41) is 3.64. The lowest BCUT2D eigenvalue weighted by Gasteiger charge is -2.33. The summed E-state index contributed by atoms with van der Waals surface area (Å²) in [6.45, 7) is 1.16. The van der Waals surface area contributed by atoms with E-state index in [1.807, 2.05) is 27.8 Å². The van der Waals surface area contributed by atoms with Gasteiger partial charge < -0.3 is 14.8 Å². The fraction of sp³-hybridized carbons (Fsp3) is 0.370. The number of fused-ring (bicyclic) bond motifs is 1. The van der Waals surface area contributed by atoms with Gasteiger partial charge in [-0.1, -0.05) is 54.8 Å². The van der Waals surface area contributed by atoms with E-state index in [1.165, 1.54) is 6.42 Å². The van der Waals surface area contributed by atoms with E-state index in [4.69, 9.17) is 11.6 Å². The number of hydrogen-bond donors (Lipinski definition) is 1. The number of hydrogen-bond acceptors (Lipinski definition) is 3. The van der Waals surface area contributed by atoms with Crippen molar-refractivity contribution < 1.29 is 9.59 Å². The summed E-state index contributed by atoms with van der Waals surface area (Å²) in [6, 6.07) is 14.9. The SMILES string of the molecule is O=C(NCc1cccc(Cn2ccnc2)c1)[C@@H]1C[C@@H]2CCCC[C@H]2N1C(=O)c1cccc(Cl)c1. The first kappa shape index (κ1) is 22.7. The molecule has 34 heavy (non-hydrogen) atoms. The van der Waals surface area contributed by atoms with Gasteiger partial charge in [-0.25, -0.2) is 4.98 Å². The van der Waals surface area contributed by atoms with Gasteiger partial charge in [0, 0.05) is 42.1 Å². The molecule has 6 nitrogen and oxygen atoms in total. The Balaban J connectivity index is 1.30. The van der Waals surface area contributed by atoms with Crippen molar-refractivity contribution >= 4 is 23.4 Å². The number of benzene rings is 2. The van der Waals surface area contributed by atoms with Gasteiger partial charge in [-0.3, -0.25) is 9.59 Å². The maximum absolute atomic E-state index is 13.5. The number of likely N-dealkylation sites (tertiary alicyclic amines) is 1. The molecule has 2 amide bonds. The normalized spacial score (nSPS) is 21.8. The second kappa shape index (κ2) is 10.0. The number of carbonyl (C=O) groups excluding carboxylic acids is 2. The van der Waals surface area contributed by atoms with Gasteiger partial charge in [0.15, 0.2) is 0 Å². The number of nitrogens with zero attached hydrogens (tertiary/aromatic N) is 3. The van der Waals surface area contributed by atoms with Crippen LogP contribution in [0, 0.1) is 5.92 Å². The Morgan fingerprint density at radius 1 is 1.06 bits per heavy atom. The Morgan fingerprint density at radius 3 is 2.71 bits per heavy atom. The Bertz CT molecular complexity index is 1160. The lowest BCUT2D eigenvalue weighted by Crippen LogP contribution is -2.49. The van der Waals surface area contributed by atoms with Gasteiger partial charge in [0.05, 0.1) is 6.33 Å². The van der Waals surface area contributed by atoms with Crippen molar-refractivity contribution in [2.75, 3.05) is 0 Å². The first-order valence-electron chi connectivity index (χ1n) is 12.0. The first-order valence-corrected chi connectivity index (χ1v) is 12.4. The van der Waals surface area contributed by atoms with Crippen molar-refractivity contribution in [2.24, 2.45) is 5.92 Å². The van der Waals surface area contributed by atoms with Crippen LogP contribution < -0.4 is 5.32 Å². The van der Waals surface area contributed by atoms with Crippen molar-refractivity contribution in [2.45, 2.75) is 57.3 Å². The molecule has 0 bridgehead atoms. The van der Waals surface area contributed by atoms with Gasteiger partial charge in [0.1, 0.15) is 6.04 Å². The van der Waals surface area contributed by atoms with E-state index in [1.54, 1.807) is 36.8 Å². The third kappa shape index (κ3) is 4.87. The van der Waals surface area contributed by atoms with Crippen molar-refractivity contribution in [3.05, 3.63) is 89.0 Å². The third-order valence-corrected chi connectivity index (χ3v) is 7.31. The van der Waals surface area contributed by atoms with Crippen LogP contribution in [-0.2, 0) is 17.9 Å². The van der Waals surface area contributed by atoms with E-state index >= 15 is 0 Å². The zero-order valence-corrected chi connectivity index (χ0v) is 19.8. The van der Waals surface area contributed by atoms with E-state index in [-0.39, 0.29) is 17.9 Å². The zero-order valence-electron chi connectivity index (χ0n) is 19.1. The number of aromatic nitrogens is 2. The molecule has 2 fully saturated rings. The molecule has 1 saturated heterocycles. The second-order valence-corrected chi connectivity index (χ2v) is 9.80. The second-order valence-electron chi connectivity index (χ2n) is 9.36. The Morgan fingerprint density at radius 2 is 1.88 bits per heavy atom. The van der Waals surface area contributed by atoms with E-state index < -0.39 is 6.04 Å². The van der Waals surface area contributed by atoms with Crippen LogP contribution in [0.1, 0.15) is 53.6 Å². The summed E-state index contributed by atoms with van der Waals surface area (Å²) in [6.07, 6.45) is 10.5. The Labute approximate surface area is 204 Å². The van der Waals surface area contributed by atoms with Crippen LogP contribution in [0.15, 0.2) is 67.3 Å². The molecule has 2 aromatic carbocycles. The highest BCUT2D eigenvalue weighted by Crippen LogP contribution is 2.40. The average Bonchev–Trinajstić information content (AvgIpc) is 3.50. The topological polar surface area (TPSA) is 67.2 Å². The summed E-state index contributed by atoms with van der Waals surface area (Å²) in [5.41, 5.74) is 2.73. The highest BCUT2D eigenvalue weighted by Gasteiger charge is 2.47. The minimum atomic E-state index is -0.450. The number of imidazole rings is 1. The molecule has 7 heteroatoms. The maximum atomic E-state index is 13.5. The fourth-order valence-corrected chi connectivity index (χ4v) is 5.68. The van der Waals surface area contributed by atoms with E-state index in [2.05, 4.69) is 22.4 Å². The van der Waals surface area contributed by atoms with Gasteiger partial charge in [0.2, 0.25) is 5.91 Å². The molecular formula is C27H29ClN4O2. The maximum Gasteiger partial charge on any atom is 0.254 e. The molecule has 176 valence electrons. The highest BCUT2D eigenvalue weighted by molar-refractivity contribution is 6.31. The number of rotatable bonds is 6. The van der Waals surface area contributed by atoms with E-state index in [0.717, 1.165) is 43.4 Å². The van der Waals surface area contributed by atoms with Gasteiger partial charge in [0.25, 0.3) is 5.91 Å². The monoisotopic (exact) mass is 476 g/mol. The lowest BCUT2D eigenvalue weighted by atomic mass is 9.84. The van der Waals surface area contributed by atoms with Gasteiger partial charge >= 0.3 is 0 Å². The molecule has 1 aliphatic heterocycles. The summed E-state index contributed by atoms with van der Waals surface area (Å²) >= 11 is 6.15. The fourth-order valence-electron chi connectivity index (χ4n) is 5.49. The zero-order chi connectivity index (χ0) is 23.5. The van der Waals surface area contributed by atoms with Crippen LogP contribution >= 0.6 is 11.6 Å². The van der Waals surface area contributed by atoms with Crippen LogP contribution in [0.25, 0.3) is 0 Å². The average molecular weight is 477 g/mol. The molecule has 5 rings (SSSR count). The van der Waals surface area contributed by atoms with Crippen LogP contribution in [-0.4, -0.2) is 38.3 Å². The molecule has 0 radical (unpaired) electrons. The minimum Gasteiger partial charge on any atom is -0.350 e. The highest BCUT2D eigenvalue weighted by atomic mass is 35.5. The molecule has 2 heterocycles. The van der Waals surface area contributed by atoms with Gasteiger partial charge in [-0.05, 0) is 54.5 Å². The van der Waals surface area contributed by atoms with Crippen molar-refractivity contribution in [1.82, 2.24) is 19.8 Å². The number of halogens is 1. The van der Waals surface area contributed by atoms with Crippen LogP contribution in [0.4, 0.5) is 0 Å². The molecule has 2 aliphatic rings. The predicted octanol–water partition coefficient (Wildman–Crippen LogP) is 4.67. The van der Waals surface area contributed by atoms with E-state index in [9.17, 15) is 9.59 Å². The minimum absolute atomic E-state index is 0.0789. The van der Waals surface area contributed by atoms with Crippen LogP contribution in [0.2, 0.25) is 5.02 Å². The Kier molecular flexibility index (Phi) is 6.68. The number of carbonyl (C=O) groups is 2. The van der Waals surface area contributed by atoms with E-state index in [0.29, 0.717) is 23.0 Å². The lowest BCUT2D eigenvalue weighted by molar-refractivity contribution is -0.125. The van der Waals surface area contributed by atoms with Crippen LogP contribution in [0.3, 0.4) is 0 Å². The summed E-state index contributed by atoms with van der Waals surface area (Å²) in [5.74, 6) is 0.204. The third-order valence-electron chi connectivity index (χ3n) is 7.08. The summed E-state index contributed by atoms with van der Waals surface area (Å²) < 4.78 is 2.01. The molecule has 1 N–H and O–H groups in total. The molecular weight excluding hydrogens is 448 g/mol. The quantitative estimate of drug-likeness (QED) is 0.562. The summed E-state index contributed by atoms with van der Waals surface area (Å²) in [4.78, 5) is 32.8.